The highest BCUT2D eigenvalue weighted by atomic mass is 32.2. The summed E-state index contributed by atoms with van der Waals surface area (Å²) in [5.74, 6) is 0.265. The topological polar surface area (TPSA) is 87.5 Å². The molecule has 0 unspecified atom stereocenters. The van der Waals surface area contributed by atoms with E-state index in [2.05, 4.69) is 4.98 Å². The van der Waals surface area contributed by atoms with Gasteiger partial charge in [0.2, 0.25) is 0 Å². The molecule has 0 radical (unpaired) electrons. The Bertz CT molecular complexity index is 1720. The average molecular weight is 515 g/mol. The Morgan fingerprint density at radius 2 is 1.62 bits per heavy atom. The molecule has 0 aliphatic heterocycles. The largest absolute Gasteiger partial charge is 0.488 e. The molecule has 0 bridgehead atoms. The van der Waals surface area contributed by atoms with Gasteiger partial charge in [0.1, 0.15) is 18.1 Å². The van der Waals surface area contributed by atoms with Crippen LogP contribution in [0, 0.1) is 6.92 Å². The molecule has 0 amide bonds. The van der Waals surface area contributed by atoms with Crippen molar-refractivity contribution in [2.75, 3.05) is 7.11 Å². The molecule has 0 aliphatic carbocycles. The first-order chi connectivity index (χ1) is 17.8. The molecular formula is C29H26N2O5S. The first-order valence-electron chi connectivity index (χ1n) is 11.8. The maximum Gasteiger partial charge on any atom is 0.268 e. The van der Waals surface area contributed by atoms with E-state index in [1.807, 2.05) is 37.3 Å². The van der Waals surface area contributed by atoms with Crippen LogP contribution in [-0.2, 0) is 28.0 Å². The molecule has 0 aliphatic rings. The SMILES string of the molecule is COCc1c(C(C)=O)ncc2c1c1c(OCc3ccccc3)cccc1n2S(=O)(=O)c1ccc(C)cc1. The van der Waals surface area contributed by atoms with E-state index in [1.54, 1.807) is 42.5 Å². The summed E-state index contributed by atoms with van der Waals surface area (Å²) in [5.41, 5.74) is 3.46. The minimum Gasteiger partial charge on any atom is -0.488 e. The second-order valence-electron chi connectivity index (χ2n) is 8.84. The fourth-order valence-corrected chi connectivity index (χ4v) is 6.06. The van der Waals surface area contributed by atoms with Crippen molar-refractivity contribution in [3.63, 3.8) is 0 Å². The van der Waals surface area contributed by atoms with Crippen LogP contribution in [0.4, 0.5) is 0 Å². The number of nitrogens with zero attached hydrogens (tertiary/aromatic N) is 2. The van der Waals surface area contributed by atoms with E-state index in [9.17, 15) is 13.2 Å². The second kappa shape index (κ2) is 9.80. The fraction of sp³-hybridized carbons (Fsp3) is 0.172. The summed E-state index contributed by atoms with van der Waals surface area (Å²) in [6.07, 6.45) is 1.44. The molecule has 0 atom stereocenters. The highest BCUT2D eigenvalue weighted by Gasteiger charge is 2.28. The third-order valence-corrected chi connectivity index (χ3v) is 8.01. The Hall–Kier alpha value is -4.01. The molecule has 0 spiro atoms. The van der Waals surface area contributed by atoms with Gasteiger partial charge in [0.15, 0.2) is 5.78 Å². The van der Waals surface area contributed by atoms with Crippen LogP contribution in [0.1, 0.15) is 34.1 Å². The zero-order valence-corrected chi connectivity index (χ0v) is 21.6. The molecule has 2 heterocycles. The van der Waals surface area contributed by atoms with Crippen LogP contribution in [0.25, 0.3) is 21.8 Å². The number of hydrogen-bond acceptors (Lipinski definition) is 6. The summed E-state index contributed by atoms with van der Waals surface area (Å²) in [4.78, 5) is 17.0. The average Bonchev–Trinajstić information content (AvgIpc) is 3.24. The first-order valence-corrected chi connectivity index (χ1v) is 13.2. The molecule has 0 fully saturated rings. The molecule has 188 valence electrons. The number of carbonyl (C=O) groups excluding carboxylic acids is 1. The molecule has 3 aromatic carbocycles. The number of carbonyl (C=O) groups is 1. The van der Waals surface area contributed by atoms with E-state index in [4.69, 9.17) is 9.47 Å². The van der Waals surface area contributed by atoms with Crippen molar-refractivity contribution in [3.8, 4) is 5.75 Å². The van der Waals surface area contributed by atoms with Gasteiger partial charge < -0.3 is 9.47 Å². The minimum absolute atomic E-state index is 0.0793. The summed E-state index contributed by atoms with van der Waals surface area (Å²) in [6, 6.07) is 21.7. The van der Waals surface area contributed by atoms with Gasteiger partial charge in [-0.3, -0.25) is 9.78 Å². The van der Waals surface area contributed by atoms with Crippen LogP contribution in [0.3, 0.4) is 0 Å². The number of ketones is 1. The predicted molar refractivity (Wildman–Crippen MR) is 142 cm³/mol. The monoisotopic (exact) mass is 514 g/mol. The summed E-state index contributed by atoms with van der Waals surface area (Å²) in [5, 5.41) is 1.15. The predicted octanol–water partition coefficient (Wildman–Crippen LogP) is 5.66. The molecule has 7 nitrogen and oxygen atoms in total. The summed E-state index contributed by atoms with van der Waals surface area (Å²) in [6.45, 7) is 3.71. The molecule has 0 saturated carbocycles. The van der Waals surface area contributed by atoms with Crippen LogP contribution >= 0.6 is 0 Å². The van der Waals surface area contributed by atoms with Gasteiger partial charge in [-0.2, -0.15) is 0 Å². The van der Waals surface area contributed by atoms with Crippen LogP contribution < -0.4 is 4.74 Å². The Balaban J connectivity index is 1.85. The third kappa shape index (κ3) is 4.39. The van der Waals surface area contributed by atoms with Crippen molar-refractivity contribution in [1.29, 1.82) is 0 Å². The Kier molecular flexibility index (Phi) is 6.54. The zero-order chi connectivity index (χ0) is 26.2. The van der Waals surface area contributed by atoms with Crippen molar-refractivity contribution in [2.45, 2.75) is 32.0 Å². The summed E-state index contributed by atoms with van der Waals surface area (Å²) in [7, 11) is -2.49. The van der Waals surface area contributed by atoms with E-state index in [-0.39, 0.29) is 23.0 Å². The third-order valence-electron chi connectivity index (χ3n) is 6.27. The standard InChI is InChI=1S/C29H26N2O5S/c1-19-12-14-22(15-13-19)37(33,34)31-24-10-7-11-26(36-17-21-8-5-4-6-9-21)28(24)27-23(18-35-3)29(20(2)32)30-16-25(27)31/h4-16H,17-18H2,1-3H3. The lowest BCUT2D eigenvalue weighted by Crippen LogP contribution is -2.13. The Labute approximate surface area is 215 Å². The van der Waals surface area contributed by atoms with E-state index in [1.165, 1.54) is 24.2 Å². The lowest BCUT2D eigenvalue weighted by molar-refractivity contribution is 0.100. The van der Waals surface area contributed by atoms with Crippen molar-refractivity contribution >= 4 is 37.6 Å². The van der Waals surface area contributed by atoms with Gasteiger partial charge in [-0.25, -0.2) is 12.4 Å². The van der Waals surface area contributed by atoms with Gasteiger partial charge in [0, 0.05) is 25.0 Å². The van der Waals surface area contributed by atoms with Crippen molar-refractivity contribution in [2.24, 2.45) is 0 Å². The Morgan fingerprint density at radius 1 is 0.892 bits per heavy atom. The maximum atomic E-state index is 14.0. The van der Waals surface area contributed by atoms with Crippen LogP contribution in [0.2, 0.25) is 0 Å². The number of rotatable bonds is 8. The zero-order valence-electron chi connectivity index (χ0n) is 20.8. The number of hydrogen-bond donors (Lipinski definition) is 0. The summed E-state index contributed by atoms with van der Waals surface area (Å²) >= 11 is 0. The van der Waals surface area contributed by atoms with Gasteiger partial charge in [-0.15, -0.1) is 0 Å². The van der Waals surface area contributed by atoms with Crippen LogP contribution in [0.15, 0.2) is 83.9 Å². The number of pyridine rings is 1. The molecule has 2 aromatic heterocycles. The van der Waals surface area contributed by atoms with E-state index in [0.29, 0.717) is 39.7 Å². The molecule has 0 N–H and O–H groups in total. The number of fused-ring (bicyclic) bond motifs is 3. The highest BCUT2D eigenvalue weighted by molar-refractivity contribution is 7.90. The smallest absolute Gasteiger partial charge is 0.268 e. The lowest BCUT2D eigenvalue weighted by atomic mass is 10.0. The Morgan fingerprint density at radius 3 is 2.30 bits per heavy atom. The number of Topliss-reactive ketones (excluding diaryl/α,β-unsaturated/α-hetero) is 1. The van der Waals surface area contributed by atoms with E-state index in [0.717, 1.165) is 11.1 Å². The fourth-order valence-electron chi connectivity index (χ4n) is 4.56. The van der Waals surface area contributed by atoms with Gasteiger partial charge >= 0.3 is 0 Å². The van der Waals surface area contributed by atoms with E-state index >= 15 is 0 Å². The number of aryl methyl sites for hydroxylation is 1. The number of ether oxygens (including phenoxy) is 2. The first kappa shape index (κ1) is 24.7. The quantitative estimate of drug-likeness (QED) is 0.248. The van der Waals surface area contributed by atoms with Crippen molar-refractivity contribution < 1.29 is 22.7 Å². The molecule has 37 heavy (non-hydrogen) atoms. The van der Waals surface area contributed by atoms with E-state index < -0.39 is 10.0 Å². The maximum absolute atomic E-state index is 14.0. The molecule has 8 heteroatoms. The van der Waals surface area contributed by atoms with Gasteiger partial charge in [0.25, 0.3) is 10.0 Å². The molecular weight excluding hydrogens is 488 g/mol. The van der Waals surface area contributed by atoms with Gasteiger partial charge in [-0.05, 0) is 36.8 Å². The molecule has 5 aromatic rings. The van der Waals surface area contributed by atoms with Crippen LogP contribution in [-0.4, -0.2) is 30.3 Å². The van der Waals surface area contributed by atoms with Crippen molar-refractivity contribution in [1.82, 2.24) is 8.96 Å². The van der Waals surface area contributed by atoms with Crippen molar-refractivity contribution in [3.05, 3.63) is 101 Å². The number of benzene rings is 3. The minimum atomic E-state index is -4.02. The number of methoxy groups -OCH3 is 1. The lowest BCUT2D eigenvalue weighted by Gasteiger charge is -2.11. The highest BCUT2D eigenvalue weighted by Crippen LogP contribution is 2.40. The molecule has 5 rings (SSSR count). The number of aromatic nitrogens is 2. The second-order valence-corrected chi connectivity index (χ2v) is 10.6. The normalized spacial score (nSPS) is 11.8. The summed E-state index contributed by atoms with van der Waals surface area (Å²) < 4.78 is 41.0. The van der Waals surface area contributed by atoms with Crippen LogP contribution in [0.5, 0.6) is 5.75 Å². The molecule has 0 saturated heterocycles. The van der Waals surface area contributed by atoms with Gasteiger partial charge in [-0.1, -0.05) is 54.1 Å². The van der Waals surface area contributed by atoms with Gasteiger partial charge in [0.05, 0.1) is 34.1 Å².